The van der Waals surface area contributed by atoms with Gasteiger partial charge in [0.15, 0.2) is 5.76 Å². The van der Waals surface area contributed by atoms with E-state index in [2.05, 4.69) is 26.6 Å². The molecule has 2 bridgehead atoms. The van der Waals surface area contributed by atoms with Crippen molar-refractivity contribution in [2.24, 2.45) is 5.92 Å². The Kier molecular flexibility index (Phi) is 5.11. The largest absolute Gasteiger partial charge is 0.463 e. The van der Waals surface area contributed by atoms with E-state index in [9.17, 15) is 4.79 Å². The number of aryl methyl sites for hydroxylation is 1. The molecule has 4 atom stereocenters. The molecule has 0 aromatic carbocycles. The van der Waals surface area contributed by atoms with Gasteiger partial charge in [-0.1, -0.05) is 0 Å². The zero-order valence-corrected chi connectivity index (χ0v) is 15.9. The molecule has 0 spiro atoms. The lowest BCUT2D eigenvalue weighted by molar-refractivity contribution is 0.0305. The highest BCUT2D eigenvalue weighted by molar-refractivity contribution is 5.73. The van der Waals surface area contributed by atoms with Gasteiger partial charge in [0.1, 0.15) is 11.5 Å². The van der Waals surface area contributed by atoms with Gasteiger partial charge in [-0.2, -0.15) is 0 Å². The molecule has 7 heteroatoms. The van der Waals surface area contributed by atoms with E-state index in [-0.39, 0.29) is 6.03 Å². The highest BCUT2D eigenvalue weighted by Crippen LogP contribution is 2.41. The minimum Gasteiger partial charge on any atom is -0.463 e. The topological polar surface area (TPSA) is 83.3 Å². The summed E-state index contributed by atoms with van der Waals surface area (Å²) in [6.07, 6.45) is 3.95. The Bertz CT molecular complexity index is 792. The Morgan fingerprint density at radius 1 is 1.37 bits per heavy atom. The molecule has 27 heavy (non-hydrogen) atoms. The summed E-state index contributed by atoms with van der Waals surface area (Å²) in [5, 5.41) is 5.79. The van der Waals surface area contributed by atoms with Crippen molar-refractivity contribution in [3.05, 3.63) is 36.0 Å². The van der Waals surface area contributed by atoms with E-state index in [0.717, 1.165) is 42.5 Å². The van der Waals surface area contributed by atoms with Crippen molar-refractivity contribution in [2.75, 3.05) is 26.2 Å². The predicted molar refractivity (Wildman–Crippen MR) is 102 cm³/mol. The second-order valence-electron chi connectivity index (χ2n) is 7.48. The fourth-order valence-corrected chi connectivity index (χ4v) is 4.45. The Labute approximate surface area is 159 Å². The van der Waals surface area contributed by atoms with Gasteiger partial charge in [0.2, 0.25) is 0 Å². The first-order valence-electron chi connectivity index (χ1n) is 9.79. The molecule has 5 rings (SSSR count). The van der Waals surface area contributed by atoms with E-state index in [4.69, 9.17) is 9.40 Å². The molecule has 3 aliphatic rings. The molecule has 3 aliphatic heterocycles. The summed E-state index contributed by atoms with van der Waals surface area (Å²) in [5.74, 6) is 2.57. The lowest BCUT2D eigenvalue weighted by atomic mass is 9.74. The molecular formula is C20H27N5O2. The number of fused-ring (bicyclic) bond motifs is 3. The molecule has 0 aliphatic carbocycles. The van der Waals surface area contributed by atoms with Gasteiger partial charge in [-0.25, -0.2) is 14.8 Å². The predicted octanol–water partition coefficient (Wildman–Crippen LogP) is 2.54. The fraction of sp³-hybridized carbons (Fsp3) is 0.550. The number of nitrogens with one attached hydrogen (secondary N) is 2. The molecule has 2 aromatic rings. The second-order valence-corrected chi connectivity index (χ2v) is 7.48. The molecule has 3 fully saturated rings. The van der Waals surface area contributed by atoms with Gasteiger partial charge < -0.3 is 15.1 Å². The molecule has 5 heterocycles. The van der Waals surface area contributed by atoms with E-state index in [1.54, 1.807) is 6.26 Å². The van der Waals surface area contributed by atoms with E-state index in [1.165, 1.54) is 6.42 Å². The van der Waals surface area contributed by atoms with Crippen molar-refractivity contribution < 1.29 is 9.21 Å². The Balaban J connectivity index is 1.47. The number of carbonyl (C=O) groups is 1. The quantitative estimate of drug-likeness (QED) is 0.846. The zero-order chi connectivity index (χ0) is 18.8. The number of hydrogen-bond donors (Lipinski definition) is 2. The van der Waals surface area contributed by atoms with Crippen LogP contribution in [0.4, 0.5) is 4.79 Å². The van der Waals surface area contributed by atoms with Gasteiger partial charge in [0.25, 0.3) is 0 Å². The molecule has 2 N–H and O–H groups in total. The van der Waals surface area contributed by atoms with Crippen LogP contribution in [0.15, 0.2) is 28.9 Å². The third-order valence-corrected chi connectivity index (χ3v) is 5.73. The van der Waals surface area contributed by atoms with Crippen LogP contribution in [0.25, 0.3) is 11.5 Å². The molecular weight excluding hydrogens is 342 g/mol. The number of urea groups is 1. The molecule has 0 radical (unpaired) electrons. The molecule has 2 aromatic heterocycles. The first kappa shape index (κ1) is 18.0. The van der Waals surface area contributed by atoms with Crippen molar-refractivity contribution >= 4 is 6.03 Å². The van der Waals surface area contributed by atoms with Crippen LogP contribution in [0.1, 0.15) is 37.2 Å². The average molecular weight is 369 g/mol. The maximum absolute atomic E-state index is 11.7. The molecule has 2 amide bonds. The summed E-state index contributed by atoms with van der Waals surface area (Å²) in [5.41, 5.74) is 1.96. The molecule has 3 saturated heterocycles. The summed E-state index contributed by atoms with van der Waals surface area (Å²) in [6, 6.07) is 6.24. The van der Waals surface area contributed by atoms with Crippen molar-refractivity contribution in [3.63, 3.8) is 0 Å². The molecule has 144 valence electrons. The van der Waals surface area contributed by atoms with Crippen molar-refractivity contribution in [1.29, 1.82) is 0 Å². The van der Waals surface area contributed by atoms with Crippen LogP contribution in [0, 0.1) is 12.8 Å². The Morgan fingerprint density at radius 2 is 2.26 bits per heavy atom. The molecule has 1 unspecified atom stereocenters. The zero-order valence-electron chi connectivity index (χ0n) is 15.9. The van der Waals surface area contributed by atoms with Crippen molar-refractivity contribution in [2.45, 2.75) is 38.6 Å². The third kappa shape index (κ3) is 3.83. The third-order valence-electron chi connectivity index (χ3n) is 5.73. The lowest BCUT2D eigenvalue weighted by Crippen LogP contribution is -2.56. The number of furan rings is 1. The fourth-order valence-electron chi connectivity index (χ4n) is 4.45. The van der Waals surface area contributed by atoms with E-state index in [1.807, 2.05) is 26.0 Å². The van der Waals surface area contributed by atoms with Crippen LogP contribution in [-0.2, 0) is 0 Å². The molecule has 0 saturated carbocycles. The summed E-state index contributed by atoms with van der Waals surface area (Å²) >= 11 is 0. The SMILES string of the molecule is CCNC(=O)NC[C@H]1C[C@H]2CCN1C[C@@H]2c1cc(-c2ccco2)nc(C)n1. The number of piperidine rings is 3. The van der Waals surface area contributed by atoms with Gasteiger partial charge in [-0.15, -0.1) is 0 Å². The Morgan fingerprint density at radius 3 is 2.96 bits per heavy atom. The summed E-state index contributed by atoms with van der Waals surface area (Å²) in [4.78, 5) is 23.5. The number of hydrogen-bond acceptors (Lipinski definition) is 5. The number of rotatable bonds is 5. The van der Waals surface area contributed by atoms with Crippen LogP contribution in [0.2, 0.25) is 0 Å². The number of carbonyl (C=O) groups excluding carboxylic acids is 1. The summed E-state index contributed by atoms with van der Waals surface area (Å²) in [6.45, 7) is 7.30. The average Bonchev–Trinajstić information content (AvgIpc) is 3.21. The minimum absolute atomic E-state index is 0.0776. The normalized spacial score (nSPS) is 26.7. The van der Waals surface area contributed by atoms with Gasteiger partial charge in [-0.3, -0.25) is 4.90 Å². The lowest BCUT2D eigenvalue weighted by Gasteiger charge is -2.49. The van der Waals surface area contributed by atoms with Gasteiger partial charge in [-0.05, 0) is 57.4 Å². The second kappa shape index (κ2) is 7.68. The minimum atomic E-state index is -0.0776. The highest BCUT2D eigenvalue weighted by Gasteiger charge is 2.41. The van der Waals surface area contributed by atoms with Crippen molar-refractivity contribution in [1.82, 2.24) is 25.5 Å². The van der Waals surface area contributed by atoms with Crippen LogP contribution in [0.5, 0.6) is 0 Å². The van der Waals surface area contributed by atoms with Gasteiger partial charge in [0.05, 0.1) is 6.26 Å². The summed E-state index contributed by atoms with van der Waals surface area (Å²) < 4.78 is 5.52. The first-order valence-corrected chi connectivity index (χ1v) is 9.79. The van der Waals surface area contributed by atoms with Gasteiger partial charge in [0, 0.05) is 37.3 Å². The van der Waals surface area contributed by atoms with Crippen LogP contribution >= 0.6 is 0 Å². The number of amides is 2. The van der Waals surface area contributed by atoms with Crippen LogP contribution in [-0.4, -0.2) is 53.1 Å². The van der Waals surface area contributed by atoms with Crippen LogP contribution < -0.4 is 10.6 Å². The first-order chi connectivity index (χ1) is 13.1. The van der Waals surface area contributed by atoms with E-state index in [0.29, 0.717) is 31.0 Å². The number of nitrogens with zero attached hydrogens (tertiary/aromatic N) is 3. The number of aromatic nitrogens is 2. The smallest absolute Gasteiger partial charge is 0.314 e. The van der Waals surface area contributed by atoms with E-state index >= 15 is 0 Å². The highest BCUT2D eigenvalue weighted by atomic mass is 16.3. The van der Waals surface area contributed by atoms with E-state index < -0.39 is 0 Å². The maximum atomic E-state index is 11.7. The maximum Gasteiger partial charge on any atom is 0.314 e. The standard InChI is InChI=1S/C20H27N5O2/c1-3-21-20(26)22-11-15-9-14-6-7-25(15)12-16(14)17-10-18(24-13(2)23-17)19-5-4-8-27-19/h4-5,8,10,14-16H,3,6-7,9,11-12H2,1-2H3,(H2,21,22,26)/t14-,15-,16+/m1/s1. The monoisotopic (exact) mass is 369 g/mol. The van der Waals surface area contributed by atoms with Crippen molar-refractivity contribution in [3.8, 4) is 11.5 Å². The Hall–Kier alpha value is -2.41. The van der Waals surface area contributed by atoms with Crippen LogP contribution in [0.3, 0.4) is 0 Å². The van der Waals surface area contributed by atoms with Gasteiger partial charge >= 0.3 is 6.03 Å². The molecule has 7 nitrogen and oxygen atoms in total. The summed E-state index contributed by atoms with van der Waals surface area (Å²) in [7, 11) is 0.